The van der Waals surface area contributed by atoms with Gasteiger partial charge in [0.25, 0.3) is 0 Å². The summed E-state index contributed by atoms with van der Waals surface area (Å²) in [6.45, 7) is 0. The molecular formula is C16H17O9-. The number of hydrogen-bond acceptors (Lipinski definition) is 9. The van der Waals surface area contributed by atoms with Crippen LogP contribution in [0.1, 0.15) is 18.4 Å². The van der Waals surface area contributed by atoms with Crippen LogP contribution in [-0.4, -0.2) is 61.4 Å². The van der Waals surface area contributed by atoms with Crippen molar-refractivity contribution in [2.75, 3.05) is 0 Å². The number of carbonyl (C=O) groups is 2. The molecule has 0 spiro atoms. The zero-order valence-corrected chi connectivity index (χ0v) is 12.9. The fourth-order valence-corrected chi connectivity index (χ4v) is 2.53. The van der Waals surface area contributed by atoms with Gasteiger partial charge in [0.05, 0.1) is 12.1 Å². The van der Waals surface area contributed by atoms with Gasteiger partial charge in [0.2, 0.25) is 0 Å². The lowest BCUT2D eigenvalue weighted by Gasteiger charge is -2.41. The van der Waals surface area contributed by atoms with Crippen LogP contribution in [0.2, 0.25) is 0 Å². The van der Waals surface area contributed by atoms with E-state index in [2.05, 4.69) is 0 Å². The Morgan fingerprint density at radius 2 is 1.88 bits per heavy atom. The summed E-state index contributed by atoms with van der Waals surface area (Å²) in [5.41, 5.74) is -2.06. The Hall–Kier alpha value is -2.62. The summed E-state index contributed by atoms with van der Waals surface area (Å²) in [5, 5.41) is 58.9. The molecule has 2 rings (SSSR count). The van der Waals surface area contributed by atoms with E-state index in [4.69, 9.17) is 4.74 Å². The number of hydrogen-bond donors (Lipinski definition) is 5. The van der Waals surface area contributed by atoms with E-state index in [1.165, 1.54) is 24.3 Å². The predicted molar refractivity (Wildman–Crippen MR) is 79.9 cm³/mol. The van der Waals surface area contributed by atoms with Gasteiger partial charge in [-0.1, -0.05) is 6.07 Å². The molecule has 0 saturated heterocycles. The van der Waals surface area contributed by atoms with Crippen LogP contribution < -0.4 is 5.11 Å². The Morgan fingerprint density at radius 1 is 1.20 bits per heavy atom. The zero-order valence-electron chi connectivity index (χ0n) is 12.9. The fourth-order valence-electron chi connectivity index (χ4n) is 2.53. The summed E-state index contributed by atoms with van der Waals surface area (Å²) in [5.74, 6) is -3.53. The molecule has 136 valence electrons. The van der Waals surface area contributed by atoms with Gasteiger partial charge < -0.3 is 40.2 Å². The second kappa shape index (κ2) is 7.09. The number of benzene rings is 1. The summed E-state index contributed by atoms with van der Waals surface area (Å²) in [6.07, 6.45) is -3.70. The Labute approximate surface area is 142 Å². The molecule has 1 aromatic rings. The molecule has 9 nitrogen and oxygen atoms in total. The van der Waals surface area contributed by atoms with E-state index in [0.29, 0.717) is 5.56 Å². The Morgan fingerprint density at radius 3 is 2.48 bits per heavy atom. The van der Waals surface area contributed by atoms with Gasteiger partial charge in [-0.3, -0.25) is 0 Å². The first-order valence-corrected chi connectivity index (χ1v) is 7.33. The first-order valence-electron chi connectivity index (χ1n) is 7.33. The zero-order chi connectivity index (χ0) is 18.8. The number of ether oxygens (including phenoxy) is 1. The van der Waals surface area contributed by atoms with E-state index in [1.54, 1.807) is 0 Å². The van der Waals surface area contributed by atoms with Crippen molar-refractivity contribution in [3.05, 3.63) is 29.8 Å². The lowest BCUT2D eigenvalue weighted by molar-refractivity contribution is -0.331. The monoisotopic (exact) mass is 353 g/mol. The minimum Gasteiger partial charge on any atom is -0.547 e. The molecule has 1 fully saturated rings. The quantitative estimate of drug-likeness (QED) is 0.234. The molecule has 1 aromatic carbocycles. The highest BCUT2D eigenvalue weighted by atomic mass is 16.6. The maximum atomic E-state index is 11.8. The summed E-state index contributed by atoms with van der Waals surface area (Å²) >= 11 is 0. The molecule has 5 N–H and O–H groups in total. The maximum Gasteiger partial charge on any atom is 0.331 e. The number of carboxylic acids is 1. The van der Waals surface area contributed by atoms with E-state index >= 15 is 0 Å². The molecule has 25 heavy (non-hydrogen) atoms. The number of aromatic hydroxyl groups is 2. The van der Waals surface area contributed by atoms with Gasteiger partial charge in [0.1, 0.15) is 17.8 Å². The molecule has 1 aliphatic carbocycles. The number of carboxylic acid groups (broad SMARTS) is 1. The Bertz CT molecular complexity index is 699. The Balaban J connectivity index is 2.06. The third kappa shape index (κ3) is 4.27. The molecule has 0 bridgehead atoms. The number of esters is 1. The summed E-state index contributed by atoms with van der Waals surface area (Å²) < 4.78 is 4.90. The van der Waals surface area contributed by atoms with E-state index in [9.17, 15) is 40.2 Å². The molecule has 1 aliphatic rings. The second-order valence-electron chi connectivity index (χ2n) is 5.84. The van der Waals surface area contributed by atoms with Gasteiger partial charge >= 0.3 is 5.97 Å². The maximum absolute atomic E-state index is 11.8. The summed E-state index contributed by atoms with van der Waals surface area (Å²) in [6, 6.07) is 3.81. The smallest absolute Gasteiger partial charge is 0.331 e. The van der Waals surface area contributed by atoms with E-state index in [0.717, 1.165) is 6.08 Å². The third-order valence-corrected chi connectivity index (χ3v) is 3.92. The molecule has 0 aliphatic heterocycles. The van der Waals surface area contributed by atoms with Crippen LogP contribution in [0, 0.1) is 0 Å². The average Bonchev–Trinajstić information content (AvgIpc) is 2.53. The number of phenols is 2. The van der Waals surface area contributed by atoms with Crippen LogP contribution in [-0.2, 0) is 14.3 Å². The minimum atomic E-state index is -2.42. The average molecular weight is 353 g/mol. The highest BCUT2D eigenvalue weighted by Gasteiger charge is 2.46. The van der Waals surface area contributed by atoms with E-state index in [1.807, 2.05) is 0 Å². The number of phenolic OH excluding ortho intramolecular Hbond substituents is 2. The van der Waals surface area contributed by atoms with Crippen molar-refractivity contribution in [3.63, 3.8) is 0 Å². The SMILES string of the molecule is O=C(/C=C/c1ccc(O)c(O)c1)O[C@@H]1C[C@@](O)(C(=O)[O-])C[C@@H](O)[C@@H]1O. The van der Waals surface area contributed by atoms with Crippen molar-refractivity contribution < 1.29 is 45.0 Å². The van der Waals surface area contributed by atoms with E-state index in [-0.39, 0.29) is 11.5 Å². The van der Waals surface area contributed by atoms with Crippen LogP contribution in [0.25, 0.3) is 6.08 Å². The largest absolute Gasteiger partial charge is 0.547 e. The molecule has 0 heterocycles. The number of rotatable bonds is 4. The predicted octanol–water partition coefficient (Wildman–Crippen LogP) is -1.98. The topological polar surface area (TPSA) is 168 Å². The van der Waals surface area contributed by atoms with Crippen LogP contribution in [0.15, 0.2) is 24.3 Å². The van der Waals surface area contributed by atoms with Crippen molar-refractivity contribution in [1.82, 2.24) is 0 Å². The molecule has 0 amide bonds. The van der Waals surface area contributed by atoms with Crippen molar-refractivity contribution in [2.45, 2.75) is 36.8 Å². The lowest BCUT2D eigenvalue weighted by atomic mass is 9.79. The molecule has 9 heteroatoms. The van der Waals surface area contributed by atoms with Crippen LogP contribution in [0.5, 0.6) is 11.5 Å². The number of aliphatic hydroxyl groups excluding tert-OH is 2. The lowest BCUT2D eigenvalue weighted by Crippen LogP contribution is -2.60. The third-order valence-electron chi connectivity index (χ3n) is 3.92. The number of aliphatic carboxylic acids is 1. The minimum absolute atomic E-state index is 0.333. The second-order valence-corrected chi connectivity index (χ2v) is 5.84. The standard InChI is InChI=1S/C16H18O9/c17-9-3-1-8(5-10(9)18)2-4-13(20)25-12-7-16(24,15(22)23)6-11(19)14(12)21/h1-5,11-12,14,17-19,21,24H,6-7H2,(H,22,23)/p-1/b4-2+/t11-,12-,14+,16-/m1/s1. The molecule has 0 unspecified atom stereocenters. The van der Waals surface area contributed by atoms with Gasteiger partial charge in [-0.2, -0.15) is 0 Å². The van der Waals surface area contributed by atoms with Gasteiger partial charge in [0.15, 0.2) is 11.5 Å². The molecular weight excluding hydrogens is 336 g/mol. The molecule has 4 atom stereocenters. The van der Waals surface area contributed by atoms with Gasteiger partial charge in [0, 0.05) is 18.9 Å². The van der Waals surface area contributed by atoms with Crippen molar-refractivity contribution in [1.29, 1.82) is 0 Å². The number of carbonyl (C=O) groups excluding carboxylic acids is 2. The number of aliphatic hydroxyl groups is 3. The van der Waals surface area contributed by atoms with E-state index < -0.39 is 48.7 Å². The molecule has 1 saturated carbocycles. The van der Waals surface area contributed by atoms with Crippen molar-refractivity contribution >= 4 is 18.0 Å². The highest BCUT2D eigenvalue weighted by Crippen LogP contribution is 2.31. The van der Waals surface area contributed by atoms with Gasteiger partial charge in [-0.15, -0.1) is 0 Å². The molecule has 0 aromatic heterocycles. The van der Waals surface area contributed by atoms with Crippen LogP contribution in [0.4, 0.5) is 0 Å². The van der Waals surface area contributed by atoms with Crippen LogP contribution >= 0.6 is 0 Å². The summed E-state index contributed by atoms with van der Waals surface area (Å²) in [4.78, 5) is 22.8. The van der Waals surface area contributed by atoms with Gasteiger partial charge in [-0.05, 0) is 23.8 Å². The van der Waals surface area contributed by atoms with Gasteiger partial charge in [-0.25, -0.2) is 4.79 Å². The first-order chi connectivity index (χ1) is 11.6. The van der Waals surface area contributed by atoms with Crippen molar-refractivity contribution in [3.8, 4) is 11.5 Å². The van der Waals surface area contributed by atoms with Crippen molar-refractivity contribution in [2.24, 2.45) is 0 Å². The highest BCUT2D eigenvalue weighted by molar-refractivity contribution is 5.87. The van der Waals surface area contributed by atoms with Crippen LogP contribution in [0.3, 0.4) is 0 Å². The normalized spacial score (nSPS) is 29.5. The first kappa shape index (κ1) is 18.7. The Kier molecular flexibility index (Phi) is 5.31. The molecule has 0 radical (unpaired) electrons. The summed E-state index contributed by atoms with van der Waals surface area (Å²) in [7, 11) is 0. The fraction of sp³-hybridized carbons (Fsp3) is 0.375.